The van der Waals surface area contributed by atoms with E-state index in [-0.39, 0.29) is 6.04 Å². The van der Waals surface area contributed by atoms with Crippen LogP contribution in [0.3, 0.4) is 0 Å². The van der Waals surface area contributed by atoms with Crippen molar-refractivity contribution in [3.05, 3.63) is 63.8 Å². The lowest BCUT2D eigenvalue weighted by molar-refractivity contribution is 0.566. The molecule has 1 N–H and O–H groups in total. The van der Waals surface area contributed by atoms with E-state index in [1.54, 1.807) is 0 Å². The van der Waals surface area contributed by atoms with Gasteiger partial charge in [-0.3, -0.25) is 4.99 Å². The molecule has 0 fully saturated rings. The number of rotatable bonds is 3. The molecule has 1 heterocycles. The summed E-state index contributed by atoms with van der Waals surface area (Å²) in [5.41, 5.74) is 6.30. The lowest BCUT2D eigenvalue weighted by Crippen LogP contribution is -2.08. The van der Waals surface area contributed by atoms with Crippen LogP contribution in [-0.4, -0.2) is 25.3 Å². The number of aromatic amines is 1. The summed E-state index contributed by atoms with van der Waals surface area (Å²) in [6.45, 7) is 0. The number of aryl methyl sites for hydroxylation is 1. The third kappa shape index (κ3) is 3.23. The molecule has 1 aliphatic rings. The van der Waals surface area contributed by atoms with Crippen LogP contribution in [0.1, 0.15) is 35.7 Å². The Balaban J connectivity index is 1.63. The van der Waals surface area contributed by atoms with E-state index in [9.17, 15) is 0 Å². The fourth-order valence-corrected chi connectivity index (χ4v) is 3.96. The number of nitrogens with zero attached hydrogens (tertiary/aromatic N) is 2. The van der Waals surface area contributed by atoms with Gasteiger partial charge in [-0.05, 0) is 60.7 Å². The lowest BCUT2D eigenvalue weighted by atomic mass is 9.92. The van der Waals surface area contributed by atoms with Gasteiger partial charge >= 0.3 is 0 Å². The molecule has 0 amide bonds. The zero-order valence-corrected chi connectivity index (χ0v) is 16.2. The first kappa shape index (κ1) is 16.4. The fraction of sp³-hybridized carbons (Fsp3) is 0.286. The van der Waals surface area contributed by atoms with Gasteiger partial charge in [-0.15, -0.1) is 0 Å². The van der Waals surface area contributed by atoms with E-state index in [0.717, 1.165) is 22.9 Å². The number of benzene rings is 2. The number of aliphatic imine (C=N–C) groups is 1. The number of hydrogen-bond acceptors (Lipinski definition) is 2. The zero-order chi connectivity index (χ0) is 17.4. The molecule has 0 saturated carbocycles. The highest BCUT2D eigenvalue weighted by Gasteiger charge is 2.23. The molecule has 0 radical (unpaired) electrons. The van der Waals surface area contributed by atoms with E-state index in [1.807, 2.05) is 6.21 Å². The van der Waals surface area contributed by atoms with Gasteiger partial charge in [-0.1, -0.05) is 28.1 Å². The van der Waals surface area contributed by atoms with Gasteiger partial charge in [0.1, 0.15) is 0 Å². The first-order valence-electron chi connectivity index (χ1n) is 8.72. The van der Waals surface area contributed by atoms with Crippen LogP contribution in [0.15, 0.2) is 51.9 Å². The molecule has 128 valence electrons. The molecular formula is C21H22BrN3. The third-order valence-corrected chi connectivity index (χ3v) is 5.45. The van der Waals surface area contributed by atoms with Crippen molar-refractivity contribution in [2.75, 3.05) is 19.0 Å². The molecule has 1 unspecified atom stereocenters. The van der Waals surface area contributed by atoms with E-state index in [1.165, 1.54) is 34.3 Å². The van der Waals surface area contributed by atoms with Crippen LogP contribution in [-0.2, 0) is 6.42 Å². The average Bonchev–Trinajstić information content (AvgIpc) is 2.99. The molecule has 0 aliphatic heterocycles. The van der Waals surface area contributed by atoms with Crippen LogP contribution in [0.25, 0.3) is 10.9 Å². The molecule has 4 heteroatoms. The second-order valence-electron chi connectivity index (χ2n) is 6.88. The summed E-state index contributed by atoms with van der Waals surface area (Å²) in [4.78, 5) is 10.6. The number of H-pyrrole nitrogens is 1. The molecule has 0 saturated heterocycles. The molecule has 3 aromatic rings. The highest BCUT2D eigenvalue weighted by molar-refractivity contribution is 9.10. The number of anilines is 1. The maximum atomic E-state index is 4.91. The summed E-state index contributed by atoms with van der Waals surface area (Å²) in [7, 11) is 4.11. The van der Waals surface area contributed by atoms with Crippen molar-refractivity contribution in [1.82, 2.24) is 4.98 Å². The van der Waals surface area contributed by atoms with Gasteiger partial charge in [0.05, 0.1) is 6.04 Å². The van der Waals surface area contributed by atoms with Crippen LogP contribution in [0.5, 0.6) is 0 Å². The highest BCUT2D eigenvalue weighted by atomic mass is 79.9. The van der Waals surface area contributed by atoms with Crippen molar-refractivity contribution in [3.8, 4) is 0 Å². The number of aromatic nitrogens is 1. The van der Waals surface area contributed by atoms with Crippen molar-refractivity contribution < 1.29 is 0 Å². The molecule has 0 spiro atoms. The summed E-state index contributed by atoms with van der Waals surface area (Å²) in [5, 5.41) is 1.33. The third-order valence-electron chi connectivity index (χ3n) is 4.95. The number of fused-ring (bicyclic) bond motifs is 3. The average molecular weight is 396 g/mol. The lowest BCUT2D eigenvalue weighted by Gasteiger charge is -2.19. The Kier molecular flexibility index (Phi) is 4.38. The smallest absolute Gasteiger partial charge is 0.0900 e. The predicted octanol–water partition coefficient (Wildman–Crippen LogP) is 5.49. The Bertz CT molecular complexity index is 922. The molecular weight excluding hydrogens is 374 g/mol. The summed E-state index contributed by atoms with van der Waals surface area (Å²) in [6.07, 6.45) is 5.44. The Morgan fingerprint density at radius 3 is 2.72 bits per heavy atom. The number of hydrogen-bond donors (Lipinski definition) is 1. The van der Waals surface area contributed by atoms with Crippen molar-refractivity contribution in [2.24, 2.45) is 4.99 Å². The Morgan fingerprint density at radius 1 is 1.16 bits per heavy atom. The Labute approximate surface area is 156 Å². The van der Waals surface area contributed by atoms with Crippen LogP contribution >= 0.6 is 15.9 Å². The Hall–Kier alpha value is -2.07. The van der Waals surface area contributed by atoms with E-state index in [0.29, 0.717) is 0 Å². The summed E-state index contributed by atoms with van der Waals surface area (Å²) in [5.74, 6) is 0. The van der Waals surface area contributed by atoms with E-state index in [2.05, 4.69) is 82.4 Å². The predicted molar refractivity (Wildman–Crippen MR) is 110 cm³/mol. The van der Waals surface area contributed by atoms with Crippen molar-refractivity contribution in [1.29, 1.82) is 0 Å². The van der Waals surface area contributed by atoms with Gasteiger partial charge in [-0.25, -0.2) is 0 Å². The van der Waals surface area contributed by atoms with Gasteiger partial charge < -0.3 is 9.88 Å². The maximum Gasteiger partial charge on any atom is 0.0900 e. The van der Waals surface area contributed by atoms with Crippen molar-refractivity contribution >= 4 is 38.7 Å². The van der Waals surface area contributed by atoms with Crippen LogP contribution < -0.4 is 4.90 Å². The Morgan fingerprint density at radius 2 is 1.96 bits per heavy atom. The zero-order valence-electron chi connectivity index (χ0n) is 14.6. The molecule has 25 heavy (non-hydrogen) atoms. The van der Waals surface area contributed by atoms with E-state index >= 15 is 0 Å². The van der Waals surface area contributed by atoms with Gasteiger partial charge in [-0.2, -0.15) is 0 Å². The van der Waals surface area contributed by atoms with Gasteiger partial charge in [0.2, 0.25) is 0 Å². The van der Waals surface area contributed by atoms with E-state index < -0.39 is 0 Å². The van der Waals surface area contributed by atoms with Gasteiger partial charge in [0.25, 0.3) is 0 Å². The summed E-state index contributed by atoms with van der Waals surface area (Å²) >= 11 is 3.59. The van der Waals surface area contributed by atoms with Crippen LogP contribution in [0.2, 0.25) is 0 Å². The minimum absolute atomic E-state index is 0.225. The minimum atomic E-state index is 0.225. The largest absolute Gasteiger partial charge is 0.378 e. The second kappa shape index (κ2) is 6.68. The highest BCUT2D eigenvalue weighted by Crippen LogP contribution is 2.37. The topological polar surface area (TPSA) is 31.4 Å². The van der Waals surface area contributed by atoms with Crippen LogP contribution in [0, 0.1) is 0 Å². The monoisotopic (exact) mass is 395 g/mol. The minimum Gasteiger partial charge on any atom is -0.378 e. The molecule has 1 aromatic heterocycles. The molecule has 0 bridgehead atoms. The number of nitrogens with one attached hydrogen (secondary N) is 1. The number of halogens is 1. The fourth-order valence-electron chi connectivity index (χ4n) is 3.59. The first-order valence-corrected chi connectivity index (χ1v) is 9.51. The molecule has 1 atom stereocenters. The molecule has 3 nitrogen and oxygen atoms in total. The maximum absolute atomic E-state index is 4.91. The van der Waals surface area contributed by atoms with Gasteiger partial charge in [0.15, 0.2) is 0 Å². The first-order chi connectivity index (χ1) is 12.1. The summed E-state index contributed by atoms with van der Waals surface area (Å²) < 4.78 is 1.13. The summed E-state index contributed by atoms with van der Waals surface area (Å²) in [6, 6.07) is 15.2. The van der Waals surface area contributed by atoms with E-state index in [4.69, 9.17) is 4.99 Å². The SMILES string of the molecule is CN(C)c1ccc(C=NC2CCCc3c2[nH]c2ccc(Br)cc32)cc1. The standard InChI is InChI=1S/C21H22BrN3/c1-25(2)16-9-6-14(7-10-16)13-23-20-5-3-4-17-18-12-15(22)8-11-19(18)24-21(17)20/h6-13,20,24H,3-5H2,1-2H3. The van der Waals surface area contributed by atoms with Crippen molar-refractivity contribution in [2.45, 2.75) is 25.3 Å². The normalized spacial score (nSPS) is 17.2. The second-order valence-corrected chi connectivity index (χ2v) is 7.79. The molecule has 4 rings (SSSR count). The molecule has 2 aromatic carbocycles. The van der Waals surface area contributed by atoms with Gasteiger partial charge in [0, 0.05) is 47.1 Å². The molecule has 1 aliphatic carbocycles. The van der Waals surface area contributed by atoms with Crippen LogP contribution in [0.4, 0.5) is 5.69 Å². The quantitative estimate of drug-likeness (QED) is 0.583. The van der Waals surface area contributed by atoms with Crippen molar-refractivity contribution in [3.63, 3.8) is 0 Å².